The molecule has 0 aliphatic heterocycles. The molecule has 0 aliphatic carbocycles. The highest BCUT2D eigenvalue weighted by molar-refractivity contribution is 9.10. The van der Waals surface area contributed by atoms with Crippen LogP contribution in [0, 0.1) is 5.82 Å². The SMILES string of the molecule is OC(c1ccc(Cl)cc1)c1cccc(F)c1Br. The first-order valence-electron chi connectivity index (χ1n) is 4.97. The number of rotatable bonds is 2. The predicted octanol–water partition coefficient (Wildman–Crippen LogP) is 4.32. The van der Waals surface area contributed by atoms with Crippen LogP contribution in [0.15, 0.2) is 46.9 Å². The number of aliphatic hydroxyl groups is 1. The monoisotopic (exact) mass is 314 g/mol. The topological polar surface area (TPSA) is 20.2 Å². The maximum absolute atomic E-state index is 13.3. The lowest BCUT2D eigenvalue weighted by Crippen LogP contribution is -2.01. The third-order valence-electron chi connectivity index (χ3n) is 2.46. The Labute approximate surface area is 112 Å². The second-order valence-corrected chi connectivity index (χ2v) is 4.83. The third-order valence-corrected chi connectivity index (χ3v) is 3.55. The van der Waals surface area contributed by atoms with E-state index in [2.05, 4.69) is 15.9 Å². The molecule has 1 atom stereocenters. The molecule has 0 radical (unpaired) electrons. The summed E-state index contributed by atoms with van der Waals surface area (Å²) in [6.07, 6.45) is -0.877. The van der Waals surface area contributed by atoms with Crippen molar-refractivity contribution in [1.29, 1.82) is 0 Å². The summed E-state index contributed by atoms with van der Waals surface area (Å²) in [5.74, 6) is -0.393. The van der Waals surface area contributed by atoms with E-state index in [-0.39, 0.29) is 4.47 Å². The van der Waals surface area contributed by atoms with Crippen LogP contribution in [-0.2, 0) is 0 Å². The Hall–Kier alpha value is -0.900. The molecule has 0 saturated carbocycles. The summed E-state index contributed by atoms with van der Waals surface area (Å²) in [4.78, 5) is 0. The quantitative estimate of drug-likeness (QED) is 0.875. The smallest absolute Gasteiger partial charge is 0.137 e. The summed E-state index contributed by atoms with van der Waals surface area (Å²) in [5, 5.41) is 10.7. The molecule has 1 N–H and O–H groups in total. The fourth-order valence-electron chi connectivity index (χ4n) is 1.56. The largest absolute Gasteiger partial charge is 0.384 e. The highest BCUT2D eigenvalue weighted by Gasteiger charge is 2.15. The molecule has 2 rings (SSSR count). The van der Waals surface area contributed by atoms with Crippen molar-refractivity contribution in [2.24, 2.45) is 0 Å². The van der Waals surface area contributed by atoms with Gasteiger partial charge in [-0.15, -0.1) is 0 Å². The molecule has 0 heterocycles. The Morgan fingerprint density at radius 1 is 1.12 bits per heavy atom. The van der Waals surface area contributed by atoms with Crippen molar-refractivity contribution in [3.8, 4) is 0 Å². The van der Waals surface area contributed by atoms with Gasteiger partial charge in [0.1, 0.15) is 11.9 Å². The molecule has 0 amide bonds. The standard InChI is InChI=1S/C13H9BrClFO/c14-12-10(2-1-3-11(12)16)13(17)8-4-6-9(15)7-5-8/h1-7,13,17H. The zero-order valence-electron chi connectivity index (χ0n) is 8.70. The van der Waals surface area contributed by atoms with Crippen molar-refractivity contribution in [1.82, 2.24) is 0 Å². The van der Waals surface area contributed by atoms with Gasteiger partial charge in [-0.3, -0.25) is 0 Å². The normalized spacial score (nSPS) is 12.5. The van der Waals surface area contributed by atoms with E-state index >= 15 is 0 Å². The van der Waals surface area contributed by atoms with Crippen molar-refractivity contribution in [3.05, 3.63) is 68.9 Å². The van der Waals surface area contributed by atoms with Crippen LogP contribution in [0.25, 0.3) is 0 Å². The summed E-state index contributed by atoms with van der Waals surface area (Å²) < 4.78 is 13.6. The summed E-state index contributed by atoms with van der Waals surface area (Å²) in [6.45, 7) is 0. The Kier molecular flexibility index (Phi) is 3.82. The second-order valence-electron chi connectivity index (χ2n) is 3.60. The molecule has 17 heavy (non-hydrogen) atoms. The molecular formula is C13H9BrClFO. The minimum absolute atomic E-state index is 0.280. The average molecular weight is 316 g/mol. The van der Waals surface area contributed by atoms with E-state index in [1.807, 2.05) is 0 Å². The summed E-state index contributed by atoms with van der Waals surface area (Å²) in [6, 6.07) is 11.4. The lowest BCUT2D eigenvalue weighted by Gasteiger charge is -2.13. The van der Waals surface area contributed by atoms with Crippen LogP contribution in [0.3, 0.4) is 0 Å². The van der Waals surface area contributed by atoms with Gasteiger partial charge in [-0.25, -0.2) is 4.39 Å². The fourth-order valence-corrected chi connectivity index (χ4v) is 2.16. The number of benzene rings is 2. The first-order valence-corrected chi connectivity index (χ1v) is 6.14. The lowest BCUT2D eigenvalue weighted by molar-refractivity contribution is 0.219. The molecule has 1 unspecified atom stereocenters. The van der Waals surface area contributed by atoms with Gasteiger partial charge in [0.05, 0.1) is 4.47 Å². The highest BCUT2D eigenvalue weighted by atomic mass is 79.9. The molecule has 0 aromatic heterocycles. The van der Waals surface area contributed by atoms with Crippen LogP contribution in [0.4, 0.5) is 4.39 Å². The molecule has 0 spiro atoms. The minimum atomic E-state index is -0.877. The van der Waals surface area contributed by atoms with Gasteiger partial charge >= 0.3 is 0 Å². The summed E-state index contributed by atoms with van der Waals surface area (Å²) >= 11 is 8.90. The van der Waals surface area contributed by atoms with Gasteiger partial charge in [0.15, 0.2) is 0 Å². The fraction of sp³-hybridized carbons (Fsp3) is 0.0769. The molecule has 0 fully saturated rings. The van der Waals surface area contributed by atoms with Gasteiger partial charge in [0, 0.05) is 10.6 Å². The Balaban J connectivity index is 2.40. The van der Waals surface area contributed by atoms with E-state index < -0.39 is 11.9 Å². The maximum Gasteiger partial charge on any atom is 0.137 e. The number of halogens is 3. The van der Waals surface area contributed by atoms with E-state index in [1.54, 1.807) is 36.4 Å². The predicted molar refractivity (Wildman–Crippen MR) is 69.6 cm³/mol. The Morgan fingerprint density at radius 3 is 2.41 bits per heavy atom. The highest BCUT2D eigenvalue weighted by Crippen LogP contribution is 2.30. The van der Waals surface area contributed by atoms with Gasteiger partial charge in [-0.05, 0) is 39.7 Å². The second kappa shape index (κ2) is 5.17. The number of hydrogen-bond acceptors (Lipinski definition) is 1. The molecule has 1 nitrogen and oxygen atoms in total. The van der Waals surface area contributed by atoms with E-state index in [0.29, 0.717) is 16.1 Å². The maximum atomic E-state index is 13.3. The summed E-state index contributed by atoms with van der Waals surface area (Å²) in [5.41, 5.74) is 1.16. The van der Waals surface area contributed by atoms with Crippen LogP contribution in [0.5, 0.6) is 0 Å². The zero-order valence-corrected chi connectivity index (χ0v) is 11.0. The Morgan fingerprint density at radius 2 is 1.76 bits per heavy atom. The minimum Gasteiger partial charge on any atom is -0.384 e. The molecule has 4 heteroatoms. The van der Waals surface area contributed by atoms with Crippen molar-refractivity contribution in [2.45, 2.75) is 6.10 Å². The molecule has 0 aliphatic rings. The van der Waals surface area contributed by atoms with Gasteiger partial charge in [0.2, 0.25) is 0 Å². The third kappa shape index (κ3) is 2.68. The van der Waals surface area contributed by atoms with E-state index in [1.165, 1.54) is 6.07 Å². The molecule has 0 bridgehead atoms. The van der Waals surface area contributed by atoms with Crippen LogP contribution in [0.2, 0.25) is 5.02 Å². The van der Waals surface area contributed by atoms with Crippen molar-refractivity contribution < 1.29 is 9.50 Å². The van der Waals surface area contributed by atoms with Gasteiger partial charge in [-0.1, -0.05) is 35.9 Å². The van der Waals surface area contributed by atoms with E-state index in [0.717, 1.165) is 0 Å². The van der Waals surface area contributed by atoms with Crippen LogP contribution in [-0.4, -0.2) is 5.11 Å². The molecular weight excluding hydrogens is 306 g/mol. The van der Waals surface area contributed by atoms with E-state index in [4.69, 9.17) is 11.6 Å². The molecule has 0 saturated heterocycles. The molecule has 88 valence electrons. The van der Waals surface area contributed by atoms with Gasteiger partial charge in [0.25, 0.3) is 0 Å². The van der Waals surface area contributed by atoms with Crippen molar-refractivity contribution in [3.63, 3.8) is 0 Å². The average Bonchev–Trinajstić information content (AvgIpc) is 2.33. The van der Waals surface area contributed by atoms with Gasteiger partial charge in [-0.2, -0.15) is 0 Å². The number of aliphatic hydroxyl groups excluding tert-OH is 1. The molecule has 2 aromatic rings. The molecule has 2 aromatic carbocycles. The summed E-state index contributed by atoms with van der Waals surface area (Å²) in [7, 11) is 0. The van der Waals surface area contributed by atoms with Gasteiger partial charge < -0.3 is 5.11 Å². The van der Waals surface area contributed by atoms with Crippen LogP contribution >= 0.6 is 27.5 Å². The first kappa shape index (κ1) is 12.6. The lowest BCUT2D eigenvalue weighted by atomic mass is 10.0. The Bertz CT molecular complexity index is 527. The van der Waals surface area contributed by atoms with Crippen molar-refractivity contribution in [2.75, 3.05) is 0 Å². The van der Waals surface area contributed by atoms with E-state index in [9.17, 15) is 9.50 Å². The first-order chi connectivity index (χ1) is 8.09. The van der Waals surface area contributed by atoms with Crippen molar-refractivity contribution >= 4 is 27.5 Å². The van der Waals surface area contributed by atoms with Crippen LogP contribution < -0.4 is 0 Å². The zero-order chi connectivity index (χ0) is 12.4. The van der Waals surface area contributed by atoms with Crippen LogP contribution in [0.1, 0.15) is 17.2 Å². The number of hydrogen-bond donors (Lipinski definition) is 1.